The Balaban J connectivity index is 1.62. The molecule has 0 saturated heterocycles. The molecule has 0 radical (unpaired) electrons. The number of hydrogen-bond acceptors (Lipinski definition) is 4. The predicted octanol–water partition coefficient (Wildman–Crippen LogP) is 4.63. The van der Waals surface area contributed by atoms with Crippen molar-refractivity contribution in [3.63, 3.8) is 0 Å². The van der Waals surface area contributed by atoms with E-state index in [9.17, 15) is 0 Å². The normalized spacial score (nSPS) is 10.7. The molecular weight excluding hydrogens is 304 g/mol. The lowest BCUT2D eigenvalue weighted by Gasteiger charge is -2.09. The molecule has 0 aliphatic rings. The summed E-state index contributed by atoms with van der Waals surface area (Å²) in [5, 5.41) is 3.15. The van der Waals surface area contributed by atoms with Crippen LogP contribution < -0.4 is 10.5 Å². The van der Waals surface area contributed by atoms with E-state index in [1.807, 2.05) is 24.3 Å². The van der Waals surface area contributed by atoms with Crippen LogP contribution in [0.3, 0.4) is 0 Å². The van der Waals surface area contributed by atoms with Crippen LogP contribution in [0.25, 0.3) is 11.3 Å². The third-order valence-electron chi connectivity index (χ3n) is 3.65. The Morgan fingerprint density at radius 2 is 2.00 bits per heavy atom. The summed E-state index contributed by atoms with van der Waals surface area (Å²) in [6.45, 7) is 4.77. The highest BCUT2D eigenvalue weighted by Crippen LogP contribution is 2.24. The zero-order valence-corrected chi connectivity index (χ0v) is 14.2. The lowest BCUT2D eigenvalue weighted by molar-refractivity contribution is 0.319. The number of aromatic nitrogens is 1. The summed E-state index contributed by atoms with van der Waals surface area (Å²) in [5.74, 6) is 0.956. The van der Waals surface area contributed by atoms with Gasteiger partial charge in [-0.2, -0.15) is 0 Å². The summed E-state index contributed by atoms with van der Waals surface area (Å²) in [4.78, 5) is 4.68. The number of hydrogen-bond donors (Lipinski definition) is 1. The number of thiazole rings is 1. The Labute approximate surface area is 140 Å². The Kier molecular flexibility index (Phi) is 4.63. The quantitative estimate of drug-likeness (QED) is 0.696. The summed E-state index contributed by atoms with van der Waals surface area (Å²) < 4.78 is 5.90. The minimum atomic E-state index is 0.633. The first-order chi connectivity index (χ1) is 11.1. The SMILES string of the molecule is Cc1ccc(C)c(OCCc2nc(-c3cccc(N)c3)cs2)c1. The number of nitrogen functional groups attached to an aromatic ring is 1. The van der Waals surface area contributed by atoms with Gasteiger partial charge in [0, 0.05) is 23.1 Å². The van der Waals surface area contributed by atoms with E-state index in [0.29, 0.717) is 6.61 Å². The highest BCUT2D eigenvalue weighted by atomic mass is 32.1. The summed E-state index contributed by atoms with van der Waals surface area (Å²) in [7, 11) is 0. The van der Waals surface area contributed by atoms with Gasteiger partial charge >= 0.3 is 0 Å². The second kappa shape index (κ2) is 6.84. The number of nitrogens with zero attached hydrogens (tertiary/aromatic N) is 1. The van der Waals surface area contributed by atoms with Crippen LogP contribution in [0.4, 0.5) is 5.69 Å². The second-order valence-corrected chi connectivity index (χ2v) is 6.56. The van der Waals surface area contributed by atoms with E-state index < -0.39 is 0 Å². The molecule has 0 amide bonds. The largest absolute Gasteiger partial charge is 0.493 e. The van der Waals surface area contributed by atoms with Crippen molar-refractivity contribution in [3.05, 3.63) is 64.0 Å². The van der Waals surface area contributed by atoms with E-state index in [4.69, 9.17) is 10.5 Å². The zero-order chi connectivity index (χ0) is 16.2. The predicted molar refractivity (Wildman–Crippen MR) is 97.1 cm³/mol. The first-order valence-electron chi connectivity index (χ1n) is 7.62. The van der Waals surface area contributed by atoms with Crippen molar-refractivity contribution in [3.8, 4) is 17.0 Å². The standard InChI is InChI=1S/C19H20N2OS/c1-13-6-7-14(2)18(10-13)22-9-8-19-21-17(12-23-19)15-4-3-5-16(20)11-15/h3-7,10-12H,8-9,20H2,1-2H3. The first-order valence-corrected chi connectivity index (χ1v) is 8.50. The van der Waals surface area contributed by atoms with Crippen molar-refractivity contribution in [2.24, 2.45) is 0 Å². The van der Waals surface area contributed by atoms with E-state index in [2.05, 4.69) is 42.4 Å². The fraction of sp³-hybridized carbons (Fsp3) is 0.211. The van der Waals surface area contributed by atoms with Gasteiger partial charge in [0.2, 0.25) is 0 Å². The number of rotatable bonds is 5. The molecule has 0 unspecified atom stereocenters. The third kappa shape index (κ3) is 3.90. The molecule has 2 N–H and O–H groups in total. The minimum absolute atomic E-state index is 0.633. The Morgan fingerprint density at radius 3 is 2.83 bits per heavy atom. The van der Waals surface area contributed by atoms with E-state index in [1.165, 1.54) is 5.56 Å². The lowest BCUT2D eigenvalue weighted by Crippen LogP contribution is -2.02. The number of ether oxygens (including phenoxy) is 1. The summed E-state index contributed by atoms with van der Waals surface area (Å²) >= 11 is 1.66. The number of anilines is 1. The van der Waals surface area contributed by atoms with Gasteiger partial charge in [0.05, 0.1) is 17.3 Å². The van der Waals surface area contributed by atoms with Crippen molar-refractivity contribution < 1.29 is 4.74 Å². The van der Waals surface area contributed by atoms with Crippen molar-refractivity contribution in [2.45, 2.75) is 20.3 Å². The smallest absolute Gasteiger partial charge is 0.122 e. The van der Waals surface area contributed by atoms with Gasteiger partial charge in [-0.15, -0.1) is 11.3 Å². The van der Waals surface area contributed by atoms with Crippen LogP contribution in [-0.4, -0.2) is 11.6 Å². The minimum Gasteiger partial charge on any atom is -0.493 e. The zero-order valence-electron chi connectivity index (χ0n) is 13.4. The first kappa shape index (κ1) is 15.6. The Bertz CT molecular complexity index is 811. The van der Waals surface area contributed by atoms with Crippen LogP contribution in [-0.2, 0) is 6.42 Å². The summed E-state index contributed by atoms with van der Waals surface area (Å²) in [5.41, 5.74) is 11.0. The molecule has 2 aromatic carbocycles. The molecule has 3 aromatic rings. The molecule has 3 rings (SSSR count). The molecular formula is C19H20N2OS. The Hall–Kier alpha value is -2.33. The van der Waals surface area contributed by atoms with E-state index in [1.54, 1.807) is 11.3 Å². The molecule has 3 nitrogen and oxygen atoms in total. The third-order valence-corrected chi connectivity index (χ3v) is 4.56. The van der Waals surface area contributed by atoms with Crippen molar-refractivity contribution >= 4 is 17.0 Å². The average Bonchev–Trinajstić information content (AvgIpc) is 3.00. The van der Waals surface area contributed by atoms with E-state index in [-0.39, 0.29) is 0 Å². The fourth-order valence-electron chi connectivity index (χ4n) is 2.37. The monoisotopic (exact) mass is 324 g/mol. The average molecular weight is 324 g/mol. The topological polar surface area (TPSA) is 48.1 Å². The van der Waals surface area contributed by atoms with Crippen LogP contribution >= 0.6 is 11.3 Å². The molecule has 4 heteroatoms. The van der Waals surface area contributed by atoms with Gasteiger partial charge in [-0.25, -0.2) is 4.98 Å². The van der Waals surface area contributed by atoms with Crippen LogP contribution in [0.5, 0.6) is 5.75 Å². The van der Waals surface area contributed by atoms with Gasteiger partial charge in [0.25, 0.3) is 0 Å². The van der Waals surface area contributed by atoms with E-state index in [0.717, 1.165) is 39.7 Å². The summed E-state index contributed by atoms with van der Waals surface area (Å²) in [6.07, 6.45) is 0.806. The molecule has 23 heavy (non-hydrogen) atoms. The van der Waals surface area contributed by atoms with Crippen LogP contribution in [0.15, 0.2) is 47.8 Å². The van der Waals surface area contributed by atoms with Crippen molar-refractivity contribution in [1.82, 2.24) is 4.98 Å². The maximum absolute atomic E-state index is 5.90. The highest BCUT2D eigenvalue weighted by Gasteiger charge is 2.06. The maximum atomic E-state index is 5.90. The van der Waals surface area contributed by atoms with Crippen LogP contribution in [0.2, 0.25) is 0 Å². The molecule has 0 spiro atoms. The van der Waals surface area contributed by atoms with Gasteiger partial charge in [-0.05, 0) is 43.2 Å². The van der Waals surface area contributed by atoms with Crippen molar-refractivity contribution in [2.75, 3.05) is 12.3 Å². The van der Waals surface area contributed by atoms with Gasteiger partial charge in [-0.1, -0.05) is 24.3 Å². The van der Waals surface area contributed by atoms with Gasteiger partial charge in [-0.3, -0.25) is 0 Å². The highest BCUT2D eigenvalue weighted by molar-refractivity contribution is 7.09. The molecule has 0 aliphatic carbocycles. The maximum Gasteiger partial charge on any atom is 0.122 e. The van der Waals surface area contributed by atoms with E-state index >= 15 is 0 Å². The van der Waals surface area contributed by atoms with Crippen molar-refractivity contribution in [1.29, 1.82) is 0 Å². The molecule has 0 atom stereocenters. The molecule has 1 aromatic heterocycles. The number of aryl methyl sites for hydroxylation is 2. The molecule has 0 aliphatic heterocycles. The van der Waals surface area contributed by atoms with Crippen LogP contribution in [0.1, 0.15) is 16.1 Å². The number of nitrogens with two attached hydrogens (primary N) is 1. The summed E-state index contributed by atoms with van der Waals surface area (Å²) in [6, 6.07) is 14.1. The van der Waals surface area contributed by atoms with Gasteiger partial charge in [0.15, 0.2) is 0 Å². The molecule has 0 saturated carbocycles. The van der Waals surface area contributed by atoms with Crippen LogP contribution in [0, 0.1) is 13.8 Å². The second-order valence-electron chi connectivity index (χ2n) is 5.62. The molecule has 118 valence electrons. The fourth-order valence-corrected chi connectivity index (χ4v) is 3.16. The Morgan fingerprint density at radius 1 is 1.13 bits per heavy atom. The van der Waals surface area contributed by atoms with Gasteiger partial charge < -0.3 is 10.5 Å². The number of benzene rings is 2. The molecule has 0 bridgehead atoms. The van der Waals surface area contributed by atoms with Gasteiger partial charge in [0.1, 0.15) is 5.75 Å². The molecule has 1 heterocycles. The lowest BCUT2D eigenvalue weighted by atomic mass is 10.1. The molecule has 0 fully saturated rings.